The maximum atomic E-state index is 11.0. The highest BCUT2D eigenvalue weighted by atomic mass is 16.5. The lowest BCUT2D eigenvalue weighted by atomic mass is 10.3. The van der Waals surface area contributed by atoms with Crippen LogP contribution < -0.4 is 0 Å². The van der Waals surface area contributed by atoms with E-state index in [1.165, 1.54) is 0 Å². The van der Waals surface area contributed by atoms with Crippen molar-refractivity contribution in [3.8, 4) is 0 Å². The Balaban J connectivity index is 2.00. The molecule has 0 saturated heterocycles. The van der Waals surface area contributed by atoms with Crippen molar-refractivity contribution in [2.75, 3.05) is 6.61 Å². The van der Waals surface area contributed by atoms with Crippen LogP contribution in [0.1, 0.15) is 32.6 Å². The highest BCUT2D eigenvalue weighted by Crippen LogP contribution is 2.32. The minimum absolute atomic E-state index is 0.155. The van der Waals surface area contributed by atoms with Crippen LogP contribution >= 0.6 is 0 Å². The third-order valence-electron chi connectivity index (χ3n) is 2.06. The number of carbonyl (C=O) groups is 1. The molecule has 1 fully saturated rings. The lowest BCUT2D eigenvalue weighted by Crippen LogP contribution is -2.17. The second-order valence-electron chi connectivity index (χ2n) is 3.39. The standard InChI is InChI=1S/C9H16O3/c1-2-8(10)6-12-9(11)5-7-3-4-7/h7-8,10H,2-6H2,1H3. The van der Waals surface area contributed by atoms with Gasteiger partial charge < -0.3 is 9.84 Å². The predicted octanol–water partition coefficient (Wildman–Crippen LogP) is 1.10. The van der Waals surface area contributed by atoms with Crippen LogP contribution in [0, 0.1) is 5.92 Å². The van der Waals surface area contributed by atoms with Crippen molar-refractivity contribution < 1.29 is 14.6 Å². The van der Waals surface area contributed by atoms with Crippen LogP contribution in [0.2, 0.25) is 0 Å². The summed E-state index contributed by atoms with van der Waals surface area (Å²) in [5.41, 5.74) is 0. The number of hydrogen-bond donors (Lipinski definition) is 1. The number of carbonyl (C=O) groups excluding carboxylic acids is 1. The summed E-state index contributed by atoms with van der Waals surface area (Å²) >= 11 is 0. The summed E-state index contributed by atoms with van der Waals surface area (Å²) < 4.78 is 4.86. The molecule has 1 rings (SSSR count). The van der Waals surface area contributed by atoms with Crippen molar-refractivity contribution in [3.05, 3.63) is 0 Å². The van der Waals surface area contributed by atoms with E-state index < -0.39 is 6.10 Å². The molecular weight excluding hydrogens is 156 g/mol. The van der Waals surface area contributed by atoms with Gasteiger partial charge in [-0.05, 0) is 25.2 Å². The summed E-state index contributed by atoms with van der Waals surface area (Å²) in [7, 11) is 0. The van der Waals surface area contributed by atoms with Gasteiger partial charge in [-0.1, -0.05) is 6.92 Å². The van der Waals surface area contributed by atoms with Crippen molar-refractivity contribution >= 4 is 5.97 Å². The molecule has 0 bridgehead atoms. The zero-order chi connectivity index (χ0) is 8.97. The van der Waals surface area contributed by atoms with Gasteiger partial charge in [0, 0.05) is 6.42 Å². The lowest BCUT2D eigenvalue weighted by molar-refractivity contribution is -0.147. The molecule has 1 aliphatic rings. The molecule has 1 saturated carbocycles. The van der Waals surface area contributed by atoms with Crippen LogP contribution in [0.5, 0.6) is 0 Å². The van der Waals surface area contributed by atoms with Crippen molar-refractivity contribution in [3.63, 3.8) is 0 Å². The summed E-state index contributed by atoms with van der Waals surface area (Å²) in [6.45, 7) is 2.02. The van der Waals surface area contributed by atoms with Gasteiger partial charge in [0.2, 0.25) is 0 Å². The van der Waals surface area contributed by atoms with E-state index in [-0.39, 0.29) is 12.6 Å². The SMILES string of the molecule is CCC(O)COC(=O)CC1CC1. The Morgan fingerprint density at radius 1 is 1.67 bits per heavy atom. The molecule has 0 spiro atoms. The van der Waals surface area contributed by atoms with Gasteiger partial charge in [-0.2, -0.15) is 0 Å². The molecule has 0 amide bonds. The highest BCUT2D eigenvalue weighted by molar-refractivity contribution is 5.70. The number of rotatable bonds is 5. The van der Waals surface area contributed by atoms with Crippen LogP contribution in [0.3, 0.4) is 0 Å². The highest BCUT2D eigenvalue weighted by Gasteiger charge is 2.25. The fourth-order valence-corrected chi connectivity index (χ4v) is 0.924. The van der Waals surface area contributed by atoms with Gasteiger partial charge >= 0.3 is 5.97 Å². The Bertz CT molecular complexity index is 152. The van der Waals surface area contributed by atoms with E-state index in [0.717, 1.165) is 12.8 Å². The molecule has 0 radical (unpaired) electrons. The topological polar surface area (TPSA) is 46.5 Å². The smallest absolute Gasteiger partial charge is 0.306 e. The molecule has 1 aliphatic carbocycles. The normalized spacial score (nSPS) is 18.8. The lowest BCUT2D eigenvalue weighted by Gasteiger charge is -2.08. The van der Waals surface area contributed by atoms with Crippen molar-refractivity contribution in [1.82, 2.24) is 0 Å². The summed E-state index contributed by atoms with van der Waals surface area (Å²) in [5.74, 6) is 0.404. The molecule has 3 nitrogen and oxygen atoms in total. The molecule has 0 aromatic carbocycles. The third-order valence-corrected chi connectivity index (χ3v) is 2.06. The molecular formula is C9H16O3. The quantitative estimate of drug-likeness (QED) is 0.632. The maximum absolute atomic E-state index is 11.0. The second-order valence-corrected chi connectivity index (χ2v) is 3.39. The van der Waals surface area contributed by atoms with Crippen LogP contribution in [0.4, 0.5) is 0 Å². The number of esters is 1. The maximum Gasteiger partial charge on any atom is 0.306 e. The molecule has 12 heavy (non-hydrogen) atoms. The number of ether oxygens (including phenoxy) is 1. The van der Waals surface area contributed by atoms with Crippen LogP contribution in [-0.4, -0.2) is 23.8 Å². The van der Waals surface area contributed by atoms with Crippen molar-refractivity contribution in [1.29, 1.82) is 0 Å². The zero-order valence-corrected chi connectivity index (χ0v) is 7.45. The Hall–Kier alpha value is -0.570. The summed E-state index contributed by atoms with van der Waals surface area (Å²) in [5, 5.41) is 9.08. The van der Waals surface area contributed by atoms with E-state index >= 15 is 0 Å². The van der Waals surface area contributed by atoms with E-state index in [1.807, 2.05) is 6.92 Å². The fourth-order valence-electron chi connectivity index (χ4n) is 0.924. The van der Waals surface area contributed by atoms with Gasteiger partial charge in [-0.3, -0.25) is 4.79 Å². The fraction of sp³-hybridized carbons (Fsp3) is 0.889. The Morgan fingerprint density at radius 2 is 2.33 bits per heavy atom. The molecule has 3 heteroatoms. The molecule has 70 valence electrons. The van der Waals surface area contributed by atoms with Gasteiger partial charge in [0.25, 0.3) is 0 Å². The first kappa shape index (κ1) is 9.52. The first-order chi connectivity index (χ1) is 5.72. The Morgan fingerprint density at radius 3 is 2.83 bits per heavy atom. The number of aliphatic hydroxyl groups excluding tert-OH is 1. The van der Waals surface area contributed by atoms with E-state index in [2.05, 4.69) is 0 Å². The summed E-state index contributed by atoms with van der Waals surface area (Å²) in [6, 6.07) is 0. The molecule has 1 atom stereocenters. The monoisotopic (exact) mass is 172 g/mol. The van der Waals surface area contributed by atoms with E-state index in [9.17, 15) is 4.79 Å². The average Bonchev–Trinajstić information content (AvgIpc) is 2.84. The van der Waals surface area contributed by atoms with E-state index in [0.29, 0.717) is 18.8 Å². The number of hydrogen-bond acceptors (Lipinski definition) is 3. The number of aliphatic hydroxyl groups is 1. The van der Waals surface area contributed by atoms with Crippen LogP contribution in [0.25, 0.3) is 0 Å². The second kappa shape index (κ2) is 4.45. The van der Waals surface area contributed by atoms with E-state index in [1.54, 1.807) is 0 Å². The van der Waals surface area contributed by atoms with Gasteiger partial charge in [0.05, 0.1) is 6.10 Å². The summed E-state index contributed by atoms with van der Waals surface area (Å²) in [4.78, 5) is 11.0. The van der Waals surface area contributed by atoms with Gasteiger partial charge in [-0.15, -0.1) is 0 Å². The minimum Gasteiger partial charge on any atom is -0.463 e. The van der Waals surface area contributed by atoms with Crippen molar-refractivity contribution in [2.45, 2.75) is 38.7 Å². The predicted molar refractivity (Wildman–Crippen MR) is 44.6 cm³/mol. The summed E-state index contributed by atoms with van der Waals surface area (Å²) in [6.07, 6.45) is 3.00. The first-order valence-electron chi connectivity index (χ1n) is 4.56. The third kappa shape index (κ3) is 3.72. The van der Waals surface area contributed by atoms with Gasteiger partial charge in [0.15, 0.2) is 0 Å². The average molecular weight is 172 g/mol. The van der Waals surface area contributed by atoms with Gasteiger partial charge in [0.1, 0.15) is 6.61 Å². The molecule has 0 aromatic rings. The molecule has 0 aromatic heterocycles. The van der Waals surface area contributed by atoms with Crippen LogP contribution in [-0.2, 0) is 9.53 Å². The van der Waals surface area contributed by atoms with Gasteiger partial charge in [-0.25, -0.2) is 0 Å². The molecule has 0 aliphatic heterocycles. The van der Waals surface area contributed by atoms with E-state index in [4.69, 9.17) is 9.84 Å². The largest absolute Gasteiger partial charge is 0.463 e. The van der Waals surface area contributed by atoms with Crippen LogP contribution in [0.15, 0.2) is 0 Å². The minimum atomic E-state index is -0.492. The zero-order valence-electron chi connectivity index (χ0n) is 7.45. The Kier molecular flexibility index (Phi) is 3.53. The first-order valence-corrected chi connectivity index (χ1v) is 4.56. The molecule has 1 N–H and O–H groups in total. The van der Waals surface area contributed by atoms with Crippen molar-refractivity contribution in [2.24, 2.45) is 5.92 Å². The molecule has 1 unspecified atom stereocenters. The molecule has 0 heterocycles. The Labute approximate surface area is 72.7 Å².